The first kappa shape index (κ1) is 14.2. The molecule has 0 amide bonds. The number of hydrogen-bond donors (Lipinski definition) is 1. The normalized spacial score (nSPS) is 12.5. The molecule has 3 heteroatoms. The smallest absolute Gasteiger partial charge is 0.0595 e. The van der Waals surface area contributed by atoms with Gasteiger partial charge in [-0.05, 0) is 72.1 Å². The molecule has 0 aliphatic carbocycles. The van der Waals surface area contributed by atoms with Gasteiger partial charge in [-0.3, -0.25) is 4.98 Å². The average molecular weight is 319 g/mol. The van der Waals surface area contributed by atoms with E-state index in [0.29, 0.717) is 0 Å². The summed E-state index contributed by atoms with van der Waals surface area (Å²) in [5.74, 6) is 0. The molecule has 1 N–H and O–H groups in total. The Hall–Kier alpha value is -1.19. The molecule has 2 nitrogen and oxygen atoms in total. The molecule has 1 heterocycles. The Morgan fingerprint density at radius 3 is 2.21 bits per heavy atom. The third kappa shape index (κ3) is 3.04. The molecule has 0 bridgehead atoms. The second-order valence-corrected chi connectivity index (χ2v) is 5.89. The van der Waals surface area contributed by atoms with Crippen molar-refractivity contribution in [2.45, 2.75) is 26.8 Å². The standard InChI is InChI=1S/C16H19BrN2/c1-10-5-11(2)15(12(3)6-10)16(18-4)13-7-14(17)9-19-8-13/h5-9,16,18H,1-4H3. The Morgan fingerprint density at radius 2 is 1.68 bits per heavy atom. The lowest BCUT2D eigenvalue weighted by Gasteiger charge is -2.22. The van der Waals surface area contributed by atoms with Crippen molar-refractivity contribution in [3.63, 3.8) is 0 Å². The van der Waals surface area contributed by atoms with Crippen LogP contribution >= 0.6 is 15.9 Å². The van der Waals surface area contributed by atoms with Crippen molar-refractivity contribution >= 4 is 15.9 Å². The highest BCUT2D eigenvalue weighted by molar-refractivity contribution is 9.10. The van der Waals surface area contributed by atoms with Crippen molar-refractivity contribution in [3.05, 3.63) is 62.9 Å². The first-order chi connectivity index (χ1) is 9.02. The third-order valence-electron chi connectivity index (χ3n) is 3.37. The molecule has 1 aromatic heterocycles. The molecular weight excluding hydrogens is 300 g/mol. The summed E-state index contributed by atoms with van der Waals surface area (Å²) in [6.07, 6.45) is 3.73. The topological polar surface area (TPSA) is 24.9 Å². The Bertz CT molecular complexity index is 570. The SMILES string of the molecule is CNC(c1cncc(Br)c1)c1c(C)cc(C)cc1C. The van der Waals surface area contributed by atoms with E-state index < -0.39 is 0 Å². The Labute approximate surface area is 123 Å². The molecule has 19 heavy (non-hydrogen) atoms. The van der Waals surface area contributed by atoms with Gasteiger partial charge in [0.1, 0.15) is 0 Å². The van der Waals surface area contributed by atoms with Crippen molar-refractivity contribution in [3.8, 4) is 0 Å². The number of nitrogens with zero attached hydrogens (tertiary/aromatic N) is 1. The number of hydrogen-bond acceptors (Lipinski definition) is 2. The van der Waals surface area contributed by atoms with Gasteiger partial charge in [0, 0.05) is 16.9 Å². The Morgan fingerprint density at radius 1 is 1.05 bits per heavy atom. The second-order valence-electron chi connectivity index (χ2n) is 4.97. The van der Waals surface area contributed by atoms with Gasteiger partial charge in [-0.15, -0.1) is 0 Å². The van der Waals surface area contributed by atoms with Crippen molar-refractivity contribution in [2.24, 2.45) is 0 Å². The quantitative estimate of drug-likeness (QED) is 0.922. The number of aryl methyl sites for hydroxylation is 3. The number of pyridine rings is 1. The highest BCUT2D eigenvalue weighted by Crippen LogP contribution is 2.29. The Balaban J connectivity index is 2.54. The maximum Gasteiger partial charge on any atom is 0.0595 e. The number of rotatable bonds is 3. The molecule has 2 rings (SSSR count). The summed E-state index contributed by atoms with van der Waals surface area (Å²) < 4.78 is 1.01. The molecule has 0 fully saturated rings. The maximum absolute atomic E-state index is 4.27. The highest BCUT2D eigenvalue weighted by Gasteiger charge is 2.17. The molecule has 0 aliphatic rings. The van der Waals surface area contributed by atoms with E-state index in [0.717, 1.165) is 4.47 Å². The van der Waals surface area contributed by atoms with Gasteiger partial charge in [0.2, 0.25) is 0 Å². The minimum atomic E-state index is 0.172. The average Bonchev–Trinajstić information content (AvgIpc) is 2.33. The summed E-state index contributed by atoms with van der Waals surface area (Å²) in [4.78, 5) is 4.27. The zero-order valence-corrected chi connectivity index (χ0v) is 13.4. The molecule has 2 aromatic rings. The zero-order valence-electron chi connectivity index (χ0n) is 11.8. The first-order valence-corrected chi connectivity index (χ1v) is 7.17. The first-order valence-electron chi connectivity index (χ1n) is 6.38. The predicted molar refractivity (Wildman–Crippen MR) is 83.5 cm³/mol. The van der Waals surface area contributed by atoms with E-state index in [9.17, 15) is 0 Å². The number of benzene rings is 1. The summed E-state index contributed by atoms with van der Waals surface area (Å²) in [7, 11) is 1.99. The van der Waals surface area contributed by atoms with Gasteiger partial charge >= 0.3 is 0 Å². The van der Waals surface area contributed by atoms with Crippen LogP contribution in [-0.4, -0.2) is 12.0 Å². The molecule has 0 radical (unpaired) electrons. The van der Waals surface area contributed by atoms with E-state index in [4.69, 9.17) is 0 Å². The predicted octanol–water partition coefficient (Wildman–Crippen LogP) is 4.08. The lowest BCUT2D eigenvalue weighted by molar-refractivity contribution is 0.679. The van der Waals surface area contributed by atoms with E-state index in [1.807, 2.05) is 19.4 Å². The van der Waals surface area contributed by atoms with Crippen LogP contribution in [0.1, 0.15) is 33.9 Å². The van der Waals surface area contributed by atoms with Crippen molar-refractivity contribution < 1.29 is 0 Å². The minimum absolute atomic E-state index is 0.172. The molecule has 100 valence electrons. The van der Waals surface area contributed by atoms with Crippen LogP contribution < -0.4 is 5.32 Å². The largest absolute Gasteiger partial charge is 0.309 e. The van der Waals surface area contributed by atoms with Crippen LogP contribution in [0.2, 0.25) is 0 Å². The van der Waals surface area contributed by atoms with E-state index in [1.54, 1.807) is 0 Å². The summed E-state index contributed by atoms with van der Waals surface area (Å²) in [6.45, 7) is 6.48. The van der Waals surface area contributed by atoms with E-state index >= 15 is 0 Å². The molecule has 1 atom stereocenters. The van der Waals surface area contributed by atoms with E-state index in [-0.39, 0.29) is 6.04 Å². The van der Waals surface area contributed by atoms with Crippen molar-refractivity contribution in [1.29, 1.82) is 0 Å². The van der Waals surface area contributed by atoms with Crippen molar-refractivity contribution in [1.82, 2.24) is 10.3 Å². The molecule has 1 aromatic carbocycles. The lowest BCUT2D eigenvalue weighted by Crippen LogP contribution is -2.20. The Kier molecular flexibility index (Phi) is 4.38. The third-order valence-corrected chi connectivity index (χ3v) is 3.81. The van der Waals surface area contributed by atoms with Crippen LogP contribution in [0.5, 0.6) is 0 Å². The van der Waals surface area contributed by atoms with E-state index in [2.05, 4.69) is 65.2 Å². The fourth-order valence-corrected chi connectivity index (χ4v) is 3.09. The van der Waals surface area contributed by atoms with Gasteiger partial charge < -0.3 is 5.32 Å². The number of aromatic nitrogens is 1. The fourth-order valence-electron chi connectivity index (χ4n) is 2.71. The lowest BCUT2D eigenvalue weighted by atomic mass is 9.91. The summed E-state index contributed by atoms with van der Waals surface area (Å²) >= 11 is 3.49. The van der Waals surface area contributed by atoms with Crippen LogP contribution in [0.15, 0.2) is 35.1 Å². The minimum Gasteiger partial charge on any atom is -0.309 e. The van der Waals surface area contributed by atoms with E-state index in [1.165, 1.54) is 27.8 Å². The van der Waals surface area contributed by atoms with Gasteiger partial charge in [-0.25, -0.2) is 0 Å². The number of nitrogens with one attached hydrogen (secondary N) is 1. The highest BCUT2D eigenvalue weighted by atomic mass is 79.9. The molecule has 0 saturated carbocycles. The molecule has 1 unspecified atom stereocenters. The summed E-state index contributed by atoms with van der Waals surface area (Å²) in [5.41, 5.74) is 6.45. The summed E-state index contributed by atoms with van der Waals surface area (Å²) in [6, 6.07) is 6.76. The van der Waals surface area contributed by atoms with Crippen LogP contribution in [0.4, 0.5) is 0 Å². The van der Waals surface area contributed by atoms with Crippen LogP contribution in [0, 0.1) is 20.8 Å². The van der Waals surface area contributed by atoms with Gasteiger partial charge in [0.15, 0.2) is 0 Å². The molecule has 0 spiro atoms. The molecular formula is C16H19BrN2. The van der Waals surface area contributed by atoms with Gasteiger partial charge in [0.05, 0.1) is 6.04 Å². The van der Waals surface area contributed by atoms with Crippen LogP contribution in [0.25, 0.3) is 0 Å². The fraction of sp³-hybridized carbons (Fsp3) is 0.312. The van der Waals surface area contributed by atoms with Gasteiger partial charge in [-0.1, -0.05) is 17.7 Å². The zero-order chi connectivity index (χ0) is 14.0. The van der Waals surface area contributed by atoms with Gasteiger partial charge in [-0.2, -0.15) is 0 Å². The molecule has 0 saturated heterocycles. The molecule has 0 aliphatic heterocycles. The van der Waals surface area contributed by atoms with Gasteiger partial charge in [0.25, 0.3) is 0 Å². The van der Waals surface area contributed by atoms with Crippen LogP contribution in [-0.2, 0) is 0 Å². The summed E-state index contributed by atoms with van der Waals surface area (Å²) in [5, 5.41) is 3.40. The number of halogens is 1. The van der Waals surface area contributed by atoms with Crippen molar-refractivity contribution in [2.75, 3.05) is 7.05 Å². The van der Waals surface area contributed by atoms with Crippen LogP contribution in [0.3, 0.4) is 0 Å². The monoisotopic (exact) mass is 318 g/mol. The maximum atomic E-state index is 4.27. The second kappa shape index (κ2) is 5.85.